The molecule has 0 aliphatic heterocycles. The summed E-state index contributed by atoms with van der Waals surface area (Å²) in [5, 5.41) is 11.7. The summed E-state index contributed by atoms with van der Waals surface area (Å²) in [6.07, 6.45) is 3.61. The van der Waals surface area contributed by atoms with Crippen LogP contribution in [0.5, 0.6) is 0 Å². The van der Waals surface area contributed by atoms with Gasteiger partial charge < -0.3 is 19.2 Å². The van der Waals surface area contributed by atoms with Crippen molar-refractivity contribution in [3.8, 4) is 0 Å². The molecular weight excluding hydrogens is 281 g/mol. The van der Waals surface area contributed by atoms with Gasteiger partial charge in [0.2, 0.25) is 0 Å². The van der Waals surface area contributed by atoms with Crippen molar-refractivity contribution in [3.63, 3.8) is 0 Å². The first-order chi connectivity index (χ1) is 9.19. The maximum Gasteiger partial charge on any atom is 1.00 e. The van der Waals surface area contributed by atoms with Crippen molar-refractivity contribution in [2.24, 2.45) is 0 Å². The Hall–Kier alpha value is -0.434. The summed E-state index contributed by atoms with van der Waals surface area (Å²) in [5.41, 5.74) is -0.875. The third kappa shape index (κ3) is 3.81. The molecule has 0 radical (unpaired) electrons. The first-order valence-electron chi connectivity index (χ1n) is 6.21. The Bertz CT molecular complexity index is 527. The summed E-state index contributed by atoms with van der Waals surface area (Å²) in [5.74, 6) is -1.23. The number of aromatic nitrogens is 1. The molecule has 0 bridgehead atoms. The second-order valence-corrected chi connectivity index (χ2v) is 4.27. The fourth-order valence-corrected chi connectivity index (χ4v) is 2.15. The van der Waals surface area contributed by atoms with Crippen molar-refractivity contribution in [3.05, 3.63) is 60.4 Å². The van der Waals surface area contributed by atoms with Crippen LogP contribution in [0.1, 0.15) is 12.5 Å². The summed E-state index contributed by atoms with van der Waals surface area (Å²) in [4.78, 5) is 11.7. The van der Waals surface area contributed by atoms with Gasteiger partial charge in [-0.2, -0.15) is 0 Å². The van der Waals surface area contributed by atoms with E-state index in [0.29, 0.717) is 12.2 Å². The van der Waals surface area contributed by atoms with Crippen molar-refractivity contribution < 1.29 is 66.0 Å². The fraction of sp³-hybridized carbons (Fsp3) is 0.267. The molecule has 0 saturated carbocycles. The number of carboxylic acid groups (broad SMARTS) is 1. The summed E-state index contributed by atoms with van der Waals surface area (Å²) in [7, 11) is 0. The average molecular weight is 297 g/mol. The number of aliphatic carboxylic acids is 1. The SMILES string of the molecule is CCOC(Cn1cccc1)(C(=O)[O-])c1ccccc1.[K+]. The van der Waals surface area contributed by atoms with Crippen LogP contribution in [0.3, 0.4) is 0 Å². The standard InChI is InChI=1S/C15H17NO3.K/c1-2-19-15(14(17)18,12-16-10-6-7-11-16)13-8-4-3-5-9-13;/h3-11H,2,12H2,1H3,(H,17,18);/q;+1/p-1. The van der Waals surface area contributed by atoms with E-state index in [-0.39, 0.29) is 57.9 Å². The van der Waals surface area contributed by atoms with Crippen molar-refractivity contribution in [1.82, 2.24) is 4.57 Å². The smallest absolute Gasteiger partial charge is 0.547 e. The van der Waals surface area contributed by atoms with Crippen LogP contribution in [0.2, 0.25) is 0 Å². The number of rotatable bonds is 6. The number of benzene rings is 1. The maximum atomic E-state index is 11.7. The van der Waals surface area contributed by atoms with E-state index in [2.05, 4.69) is 0 Å². The number of carboxylic acids is 1. The van der Waals surface area contributed by atoms with Crippen LogP contribution in [-0.4, -0.2) is 17.1 Å². The number of carbonyl (C=O) groups is 1. The minimum Gasteiger partial charge on any atom is -0.547 e. The maximum absolute atomic E-state index is 11.7. The molecule has 0 aliphatic carbocycles. The van der Waals surface area contributed by atoms with E-state index in [9.17, 15) is 9.90 Å². The Balaban J connectivity index is 0.00000200. The van der Waals surface area contributed by atoms with Gasteiger partial charge in [0.05, 0.1) is 12.5 Å². The molecule has 5 heteroatoms. The number of hydrogen-bond donors (Lipinski definition) is 0. The molecule has 1 unspecified atom stereocenters. The van der Waals surface area contributed by atoms with Gasteiger partial charge in [-0.05, 0) is 24.6 Å². The summed E-state index contributed by atoms with van der Waals surface area (Å²) >= 11 is 0. The Morgan fingerprint density at radius 3 is 2.30 bits per heavy atom. The van der Waals surface area contributed by atoms with Gasteiger partial charge in [-0.15, -0.1) is 0 Å². The van der Waals surface area contributed by atoms with Crippen LogP contribution in [0, 0.1) is 0 Å². The van der Waals surface area contributed by atoms with Crippen LogP contribution in [-0.2, 0) is 21.7 Å². The molecule has 100 valence electrons. The predicted octanol–water partition coefficient (Wildman–Crippen LogP) is -1.83. The minimum absolute atomic E-state index is 0. The van der Waals surface area contributed by atoms with Crippen molar-refractivity contribution in [2.45, 2.75) is 19.1 Å². The zero-order chi connectivity index (χ0) is 13.7. The van der Waals surface area contributed by atoms with Crippen LogP contribution in [0.25, 0.3) is 0 Å². The van der Waals surface area contributed by atoms with E-state index in [0.717, 1.165) is 0 Å². The molecular formula is C15H16KNO3. The first-order valence-corrected chi connectivity index (χ1v) is 6.21. The minimum atomic E-state index is -1.46. The van der Waals surface area contributed by atoms with E-state index in [1.807, 2.05) is 18.2 Å². The molecule has 0 spiro atoms. The quantitative estimate of drug-likeness (QED) is 0.590. The molecule has 0 fully saturated rings. The van der Waals surface area contributed by atoms with Gasteiger partial charge >= 0.3 is 51.4 Å². The van der Waals surface area contributed by atoms with Gasteiger partial charge in [-0.1, -0.05) is 30.3 Å². The molecule has 0 aliphatic rings. The topological polar surface area (TPSA) is 54.3 Å². The molecule has 1 atom stereocenters. The molecule has 4 nitrogen and oxygen atoms in total. The molecule has 0 saturated heterocycles. The van der Waals surface area contributed by atoms with E-state index in [1.54, 1.807) is 48.1 Å². The van der Waals surface area contributed by atoms with E-state index < -0.39 is 11.6 Å². The fourth-order valence-electron chi connectivity index (χ4n) is 2.15. The normalized spacial score (nSPS) is 13.2. The zero-order valence-electron chi connectivity index (χ0n) is 11.8. The van der Waals surface area contributed by atoms with Gasteiger partial charge in [0.15, 0.2) is 0 Å². The van der Waals surface area contributed by atoms with Gasteiger partial charge in [-0.25, -0.2) is 0 Å². The summed E-state index contributed by atoms with van der Waals surface area (Å²) in [6, 6.07) is 12.6. The van der Waals surface area contributed by atoms with Gasteiger partial charge in [0.1, 0.15) is 5.60 Å². The molecule has 1 heterocycles. The Morgan fingerprint density at radius 1 is 1.20 bits per heavy atom. The third-order valence-electron chi connectivity index (χ3n) is 3.03. The zero-order valence-corrected chi connectivity index (χ0v) is 14.9. The average Bonchev–Trinajstić information content (AvgIpc) is 2.91. The Labute approximate surface area is 161 Å². The monoisotopic (exact) mass is 297 g/mol. The second-order valence-electron chi connectivity index (χ2n) is 4.27. The Kier molecular flexibility index (Phi) is 7.15. The van der Waals surface area contributed by atoms with Crippen LogP contribution in [0.4, 0.5) is 0 Å². The Morgan fingerprint density at radius 2 is 1.80 bits per heavy atom. The molecule has 0 amide bonds. The van der Waals surface area contributed by atoms with E-state index in [1.165, 1.54) is 0 Å². The van der Waals surface area contributed by atoms with Gasteiger partial charge in [-0.3, -0.25) is 0 Å². The predicted molar refractivity (Wildman–Crippen MR) is 69.2 cm³/mol. The number of nitrogens with zero attached hydrogens (tertiary/aromatic N) is 1. The largest absolute Gasteiger partial charge is 1.00 e. The second kappa shape index (κ2) is 8.12. The molecule has 1 aromatic heterocycles. The molecule has 20 heavy (non-hydrogen) atoms. The molecule has 2 rings (SSSR count). The summed E-state index contributed by atoms with van der Waals surface area (Å²) < 4.78 is 7.34. The van der Waals surface area contributed by atoms with Crippen molar-refractivity contribution in [1.29, 1.82) is 0 Å². The van der Waals surface area contributed by atoms with Gasteiger partial charge in [0.25, 0.3) is 0 Å². The first kappa shape index (κ1) is 17.6. The molecule has 0 N–H and O–H groups in total. The third-order valence-corrected chi connectivity index (χ3v) is 3.03. The van der Waals surface area contributed by atoms with Crippen LogP contribution < -0.4 is 56.5 Å². The summed E-state index contributed by atoms with van der Waals surface area (Å²) in [6.45, 7) is 2.25. The number of carbonyl (C=O) groups excluding carboxylic acids is 1. The number of hydrogen-bond acceptors (Lipinski definition) is 3. The van der Waals surface area contributed by atoms with E-state index in [4.69, 9.17) is 4.74 Å². The van der Waals surface area contributed by atoms with Gasteiger partial charge in [0, 0.05) is 19.0 Å². The van der Waals surface area contributed by atoms with Crippen molar-refractivity contribution >= 4 is 5.97 Å². The van der Waals surface area contributed by atoms with Crippen LogP contribution in [0.15, 0.2) is 54.9 Å². The van der Waals surface area contributed by atoms with Crippen molar-refractivity contribution in [2.75, 3.05) is 6.61 Å². The molecule has 2 aromatic rings. The van der Waals surface area contributed by atoms with E-state index >= 15 is 0 Å². The van der Waals surface area contributed by atoms with Crippen LogP contribution >= 0.6 is 0 Å². The number of ether oxygens (including phenoxy) is 1. The molecule has 1 aromatic carbocycles.